The van der Waals surface area contributed by atoms with E-state index in [0.717, 1.165) is 0 Å². The van der Waals surface area contributed by atoms with Crippen LogP contribution in [0.4, 0.5) is 0 Å². The zero-order valence-electron chi connectivity index (χ0n) is 10.8. The molecule has 20 heavy (non-hydrogen) atoms. The maximum absolute atomic E-state index is 11.4. The first-order chi connectivity index (χ1) is 9.84. The van der Waals surface area contributed by atoms with Crippen LogP contribution in [0.5, 0.6) is 11.5 Å². The van der Waals surface area contributed by atoms with Gasteiger partial charge in [-0.2, -0.15) is 4.89 Å². The van der Waals surface area contributed by atoms with Gasteiger partial charge in [0.25, 0.3) is 0 Å². The molecule has 0 atom stereocenters. The van der Waals surface area contributed by atoms with E-state index in [1.54, 1.807) is 36.4 Å². The van der Waals surface area contributed by atoms with Crippen molar-refractivity contribution in [3.8, 4) is 11.5 Å². The summed E-state index contributed by atoms with van der Waals surface area (Å²) >= 11 is 0. The van der Waals surface area contributed by atoms with E-state index in [2.05, 4.69) is 0 Å². The molecule has 0 aliphatic rings. The van der Waals surface area contributed by atoms with Gasteiger partial charge in [0.15, 0.2) is 5.75 Å². The summed E-state index contributed by atoms with van der Waals surface area (Å²) < 4.78 is 5.06. The molecule has 0 radical (unpaired) electrons. The summed E-state index contributed by atoms with van der Waals surface area (Å²) in [5.41, 5.74) is 0. The quantitative estimate of drug-likeness (QED) is 0.202. The van der Waals surface area contributed by atoms with Gasteiger partial charge in [0.05, 0.1) is 0 Å². The number of rotatable bonds is 6. The number of hydrogen-bond acceptors (Lipinski definition) is 4. The normalized spacial score (nSPS) is 10.4. The van der Waals surface area contributed by atoms with Crippen molar-refractivity contribution in [1.29, 1.82) is 0 Å². The van der Waals surface area contributed by atoms with Crippen molar-refractivity contribution < 1.29 is 19.3 Å². The van der Waals surface area contributed by atoms with Crippen molar-refractivity contribution in [3.05, 3.63) is 72.8 Å². The SMILES string of the molecule is O=C(C=CCOOc1ccccc1)Oc1ccccc1. The molecule has 2 rings (SSSR count). The van der Waals surface area contributed by atoms with Crippen molar-refractivity contribution in [2.24, 2.45) is 0 Å². The van der Waals surface area contributed by atoms with Gasteiger partial charge in [0.1, 0.15) is 12.4 Å². The van der Waals surface area contributed by atoms with Crippen LogP contribution in [0, 0.1) is 0 Å². The molecule has 0 aromatic heterocycles. The lowest BCUT2D eigenvalue weighted by atomic mass is 10.3. The highest BCUT2D eigenvalue weighted by Crippen LogP contribution is 2.09. The van der Waals surface area contributed by atoms with Crippen LogP contribution >= 0.6 is 0 Å². The number of carbonyl (C=O) groups excluding carboxylic acids is 1. The monoisotopic (exact) mass is 270 g/mol. The Balaban J connectivity index is 1.67. The Morgan fingerprint density at radius 3 is 2.15 bits per heavy atom. The lowest BCUT2D eigenvalue weighted by Gasteiger charge is -2.02. The van der Waals surface area contributed by atoms with Gasteiger partial charge in [-0.1, -0.05) is 36.4 Å². The van der Waals surface area contributed by atoms with Gasteiger partial charge in [0, 0.05) is 6.08 Å². The number of ether oxygens (including phenoxy) is 1. The molecule has 0 amide bonds. The van der Waals surface area contributed by atoms with E-state index in [1.807, 2.05) is 24.3 Å². The van der Waals surface area contributed by atoms with Gasteiger partial charge >= 0.3 is 5.97 Å². The Bertz CT molecular complexity index is 549. The summed E-state index contributed by atoms with van der Waals surface area (Å²) in [5, 5.41) is 0. The van der Waals surface area contributed by atoms with E-state index in [1.165, 1.54) is 12.2 Å². The molecule has 0 N–H and O–H groups in total. The Labute approximate surface area is 117 Å². The van der Waals surface area contributed by atoms with Gasteiger partial charge in [-0.15, -0.1) is 0 Å². The highest BCUT2D eigenvalue weighted by molar-refractivity contribution is 5.83. The topological polar surface area (TPSA) is 44.8 Å². The smallest absolute Gasteiger partial charge is 0.335 e. The fourth-order valence-corrected chi connectivity index (χ4v) is 1.40. The Morgan fingerprint density at radius 1 is 0.900 bits per heavy atom. The maximum atomic E-state index is 11.4. The highest BCUT2D eigenvalue weighted by Gasteiger charge is 1.98. The third-order valence-corrected chi connectivity index (χ3v) is 2.28. The van der Waals surface area contributed by atoms with Crippen molar-refractivity contribution in [2.75, 3.05) is 6.61 Å². The first-order valence-electron chi connectivity index (χ1n) is 6.12. The van der Waals surface area contributed by atoms with E-state index in [9.17, 15) is 4.79 Å². The van der Waals surface area contributed by atoms with Crippen molar-refractivity contribution in [3.63, 3.8) is 0 Å². The first kappa shape index (κ1) is 13.8. The van der Waals surface area contributed by atoms with Crippen LogP contribution in [0.1, 0.15) is 0 Å². The van der Waals surface area contributed by atoms with Gasteiger partial charge in [0.2, 0.25) is 0 Å². The molecular weight excluding hydrogens is 256 g/mol. The minimum absolute atomic E-state index is 0.152. The summed E-state index contributed by atoms with van der Waals surface area (Å²) in [5.74, 6) is 0.649. The second kappa shape index (κ2) is 7.76. The van der Waals surface area contributed by atoms with Crippen LogP contribution in [-0.4, -0.2) is 12.6 Å². The number of benzene rings is 2. The van der Waals surface area contributed by atoms with E-state index >= 15 is 0 Å². The minimum atomic E-state index is -0.459. The molecule has 0 aliphatic heterocycles. The number of esters is 1. The molecule has 4 nitrogen and oxygen atoms in total. The van der Waals surface area contributed by atoms with Crippen LogP contribution in [0.15, 0.2) is 72.8 Å². The molecular formula is C16H14O4. The lowest BCUT2D eigenvalue weighted by molar-refractivity contribution is -0.195. The summed E-state index contributed by atoms with van der Waals surface area (Å²) in [6.45, 7) is 0.152. The van der Waals surface area contributed by atoms with Gasteiger partial charge in [-0.05, 0) is 30.3 Å². The minimum Gasteiger partial charge on any atom is -0.423 e. The van der Waals surface area contributed by atoms with Gasteiger partial charge < -0.3 is 9.62 Å². The second-order valence-corrected chi connectivity index (χ2v) is 3.82. The molecule has 0 spiro atoms. The molecule has 0 saturated heterocycles. The van der Waals surface area contributed by atoms with Crippen LogP contribution in [0.3, 0.4) is 0 Å². The largest absolute Gasteiger partial charge is 0.423 e. The second-order valence-electron chi connectivity index (χ2n) is 3.82. The van der Waals surface area contributed by atoms with Crippen LogP contribution in [0.2, 0.25) is 0 Å². The Kier molecular flexibility index (Phi) is 5.37. The third kappa shape index (κ3) is 4.96. The predicted octanol–water partition coefficient (Wildman–Crippen LogP) is 3.16. The average Bonchev–Trinajstić information content (AvgIpc) is 2.49. The number of hydrogen-bond donors (Lipinski definition) is 0. The highest BCUT2D eigenvalue weighted by atomic mass is 17.2. The molecule has 0 fully saturated rings. The van der Waals surface area contributed by atoms with Crippen LogP contribution in [0.25, 0.3) is 0 Å². The van der Waals surface area contributed by atoms with Crippen molar-refractivity contribution in [1.82, 2.24) is 0 Å². The molecule has 0 unspecified atom stereocenters. The fourth-order valence-electron chi connectivity index (χ4n) is 1.40. The summed E-state index contributed by atoms with van der Waals surface area (Å²) in [4.78, 5) is 21.4. The summed E-state index contributed by atoms with van der Waals surface area (Å²) in [7, 11) is 0. The third-order valence-electron chi connectivity index (χ3n) is 2.28. The van der Waals surface area contributed by atoms with Crippen molar-refractivity contribution in [2.45, 2.75) is 0 Å². The average molecular weight is 270 g/mol. The summed E-state index contributed by atoms with van der Waals surface area (Å²) in [6, 6.07) is 18.0. The maximum Gasteiger partial charge on any atom is 0.335 e. The predicted molar refractivity (Wildman–Crippen MR) is 74.2 cm³/mol. The van der Waals surface area contributed by atoms with E-state index in [-0.39, 0.29) is 6.61 Å². The molecule has 0 aliphatic carbocycles. The molecule has 0 bridgehead atoms. The standard InChI is InChI=1S/C16H14O4/c17-16(19-14-8-3-1-4-9-14)12-7-13-18-20-15-10-5-2-6-11-15/h1-12H,13H2. The molecule has 102 valence electrons. The zero-order chi connectivity index (χ0) is 14.0. The number of para-hydroxylation sites is 2. The first-order valence-corrected chi connectivity index (χ1v) is 6.12. The van der Waals surface area contributed by atoms with Crippen molar-refractivity contribution >= 4 is 5.97 Å². The fraction of sp³-hybridized carbons (Fsp3) is 0.0625. The Morgan fingerprint density at radius 2 is 1.50 bits per heavy atom. The lowest BCUT2D eigenvalue weighted by Crippen LogP contribution is -2.04. The van der Waals surface area contributed by atoms with E-state index in [4.69, 9.17) is 14.5 Å². The molecule has 2 aromatic carbocycles. The Hall–Kier alpha value is -2.59. The molecule has 0 heterocycles. The van der Waals surface area contributed by atoms with Gasteiger partial charge in [-0.3, -0.25) is 0 Å². The zero-order valence-corrected chi connectivity index (χ0v) is 10.8. The molecule has 0 saturated carbocycles. The van der Waals surface area contributed by atoms with Crippen LogP contribution < -0.4 is 9.62 Å². The van der Waals surface area contributed by atoms with E-state index in [0.29, 0.717) is 11.5 Å². The van der Waals surface area contributed by atoms with Gasteiger partial charge in [-0.25, -0.2) is 4.79 Å². The van der Waals surface area contributed by atoms with Crippen LogP contribution in [-0.2, 0) is 9.68 Å². The summed E-state index contributed by atoms with van der Waals surface area (Å²) in [6.07, 6.45) is 2.82. The number of carbonyl (C=O) groups is 1. The molecule has 2 aromatic rings. The van der Waals surface area contributed by atoms with E-state index < -0.39 is 5.97 Å². The molecule has 4 heteroatoms.